The van der Waals surface area contributed by atoms with Gasteiger partial charge in [0.1, 0.15) is 5.01 Å². The number of carboxylic acid groups (broad SMARTS) is 1. The maximum atomic E-state index is 10.7. The average Bonchev–Trinajstić information content (AvgIpc) is 2.78. The van der Waals surface area contributed by atoms with Gasteiger partial charge in [-0.1, -0.05) is 13.8 Å². The summed E-state index contributed by atoms with van der Waals surface area (Å²) >= 11 is 1.70. The van der Waals surface area contributed by atoms with E-state index in [-0.39, 0.29) is 6.42 Å². The molecule has 0 saturated carbocycles. The van der Waals surface area contributed by atoms with Crippen molar-refractivity contribution in [1.29, 1.82) is 0 Å². The van der Waals surface area contributed by atoms with Crippen LogP contribution in [0.3, 0.4) is 0 Å². The molecule has 0 radical (unpaired) electrons. The molecule has 2 heterocycles. The van der Waals surface area contributed by atoms with Crippen molar-refractivity contribution in [2.75, 3.05) is 13.1 Å². The number of rotatable bonds is 6. The zero-order chi connectivity index (χ0) is 14.5. The molecule has 0 spiro atoms. The molecule has 1 N–H and O–H groups in total. The highest BCUT2D eigenvalue weighted by molar-refractivity contribution is 7.11. The molecule has 20 heavy (non-hydrogen) atoms. The zero-order valence-corrected chi connectivity index (χ0v) is 13.2. The van der Waals surface area contributed by atoms with Gasteiger partial charge in [0.25, 0.3) is 0 Å². The Morgan fingerprint density at radius 2 is 2.35 bits per heavy atom. The lowest BCUT2D eigenvalue weighted by atomic mass is 10.0. The van der Waals surface area contributed by atoms with Gasteiger partial charge in [-0.3, -0.25) is 9.69 Å². The van der Waals surface area contributed by atoms with Gasteiger partial charge in [0.05, 0.1) is 18.7 Å². The van der Waals surface area contributed by atoms with E-state index in [0.29, 0.717) is 6.42 Å². The third-order valence-electron chi connectivity index (χ3n) is 3.82. The third kappa shape index (κ3) is 4.28. The molecule has 1 aliphatic rings. The highest BCUT2D eigenvalue weighted by atomic mass is 32.1. The molecule has 1 saturated heterocycles. The Labute approximate surface area is 124 Å². The first-order valence-corrected chi connectivity index (χ1v) is 8.31. The van der Waals surface area contributed by atoms with E-state index in [9.17, 15) is 4.79 Å². The predicted molar refractivity (Wildman–Crippen MR) is 81.1 cm³/mol. The standard InChI is InChI=1S/C15H24N2O2S/c1-3-12-13(6-7-15(18)19)20-14(16-12)10-17-8-4-5-11(2)9-17/h11H,3-10H2,1-2H3,(H,18,19). The van der Waals surface area contributed by atoms with E-state index in [2.05, 4.69) is 18.7 Å². The lowest BCUT2D eigenvalue weighted by Gasteiger charge is -2.29. The summed E-state index contributed by atoms with van der Waals surface area (Å²) in [5.74, 6) is 0.0488. The number of aromatic nitrogens is 1. The number of carboxylic acids is 1. The normalized spacial score (nSPS) is 20.2. The monoisotopic (exact) mass is 296 g/mol. The number of aliphatic carboxylic acids is 1. The molecule has 1 aromatic heterocycles. The van der Waals surface area contributed by atoms with E-state index in [1.807, 2.05) is 0 Å². The summed E-state index contributed by atoms with van der Waals surface area (Å²) < 4.78 is 0. The molecule has 0 aliphatic carbocycles. The quantitative estimate of drug-likeness (QED) is 0.877. The Hall–Kier alpha value is -0.940. The van der Waals surface area contributed by atoms with Crippen LogP contribution in [0.2, 0.25) is 0 Å². The van der Waals surface area contributed by atoms with Crippen LogP contribution >= 0.6 is 11.3 Å². The van der Waals surface area contributed by atoms with Crippen LogP contribution in [-0.4, -0.2) is 34.0 Å². The fraction of sp³-hybridized carbons (Fsp3) is 0.733. The molecule has 4 nitrogen and oxygen atoms in total. The van der Waals surface area contributed by atoms with Crippen LogP contribution in [0.4, 0.5) is 0 Å². The minimum absolute atomic E-state index is 0.204. The van der Waals surface area contributed by atoms with E-state index in [4.69, 9.17) is 10.1 Å². The fourth-order valence-electron chi connectivity index (χ4n) is 2.82. The number of hydrogen-bond acceptors (Lipinski definition) is 4. The molecule has 5 heteroatoms. The topological polar surface area (TPSA) is 53.4 Å². The van der Waals surface area contributed by atoms with Crippen LogP contribution < -0.4 is 0 Å². The van der Waals surface area contributed by atoms with Gasteiger partial charge < -0.3 is 5.11 Å². The Kier molecular flexibility index (Phi) is 5.54. The summed E-state index contributed by atoms with van der Waals surface area (Å²) in [6, 6.07) is 0. The molecule has 0 aromatic carbocycles. The van der Waals surface area contributed by atoms with E-state index in [1.165, 1.54) is 12.8 Å². The van der Waals surface area contributed by atoms with Gasteiger partial charge in [0.15, 0.2) is 0 Å². The van der Waals surface area contributed by atoms with Crippen molar-refractivity contribution in [3.05, 3.63) is 15.6 Å². The maximum Gasteiger partial charge on any atom is 0.303 e. The molecule has 1 fully saturated rings. The van der Waals surface area contributed by atoms with E-state index in [0.717, 1.165) is 47.6 Å². The first-order chi connectivity index (χ1) is 9.58. The van der Waals surface area contributed by atoms with Crippen molar-refractivity contribution >= 4 is 17.3 Å². The summed E-state index contributed by atoms with van der Waals surface area (Å²) in [5.41, 5.74) is 1.09. The molecule has 0 bridgehead atoms. The highest BCUT2D eigenvalue weighted by Crippen LogP contribution is 2.24. The molecular formula is C15H24N2O2S. The molecule has 0 amide bonds. The molecule has 1 aliphatic heterocycles. The predicted octanol–water partition coefficient (Wildman–Crippen LogP) is 2.95. The Balaban J connectivity index is 1.99. The average molecular weight is 296 g/mol. The van der Waals surface area contributed by atoms with Crippen LogP contribution in [0.25, 0.3) is 0 Å². The van der Waals surface area contributed by atoms with E-state index >= 15 is 0 Å². The molecule has 2 rings (SSSR count). The molecule has 112 valence electrons. The summed E-state index contributed by atoms with van der Waals surface area (Å²) in [7, 11) is 0. The van der Waals surface area contributed by atoms with E-state index in [1.54, 1.807) is 11.3 Å². The van der Waals surface area contributed by atoms with Gasteiger partial charge in [-0.2, -0.15) is 0 Å². The largest absolute Gasteiger partial charge is 0.481 e. The second kappa shape index (κ2) is 7.18. The van der Waals surface area contributed by atoms with Crippen molar-refractivity contribution in [3.63, 3.8) is 0 Å². The van der Waals surface area contributed by atoms with Crippen LogP contribution in [-0.2, 0) is 24.2 Å². The number of thiazole rings is 1. The summed E-state index contributed by atoms with van der Waals surface area (Å²) in [6.45, 7) is 7.65. The highest BCUT2D eigenvalue weighted by Gasteiger charge is 2.19. The minimum atomic E-state index is -0.730. The van der Waals surface area contributed by atoms with Crippen molar-refractivity contribution in [2.24, 2.45) is 5.92 Å². The van der Waals surface area contributed by atoms with Crippen LogP contribution in [0, 0.1) is 5.92 Å². The zero-order valence-electron chi connectivity index (χ0n) is 12.4. The Bertz CT molecular complexity index is 459. The van der Waals surface area contributed by atoms with Gasteiger partial charge in [-0.15, -0.1) is 11.3 Å². The molecule has 1 atom stereocenters. The second-order valence-electron chi connectivity index (χ2n) is 5.71. The van der Waals surface area contributed by atoms with Crippen LogP contribution in [0.1, 0.15) is 48.7 Å². The summed E-state index contributed by atoms with van der Waals surface area (Å²) in [4.78, 5) is 19.1. The lowest BCUT2D eigenvalue weighted by molar-refractivity contribution is -0.136. The lowest BCUT2D eigenvalue weighted by Crippen LogP contribution is -2.33. The van der Waals surface area contributed by atoms with E-state index < -0.39 is 5.97 Å². The number of likely N-dealkylation sites (tertiary alicyclic amines) is 1. The van der Waals surface area contributed by atoms with Gasteiger partial charge in [0, 0.05) is 11.4 Å². The van der Waals surface area contributed by atoms with Gasteiger partial charge >= 0.3 is 5.97 Å². The first-order valence-electron chi connectivity index (χ1n) is 7.50. The molecule has 1 unspecified atom stereocenters. The van der Waals surface area contributed by atoms with Crippen molar-refractivity contribution in [1.82, 2.24) is 9.88 Å². The van der Waals surface area contributed by atoms with Gasteiger partial charge in [-0.25, -0.2) is 4.98 Å². The Morgan fingerprint density at radius 1 is 1.55 bits per heavy atom. The van der Waals surface area contributed by atoms with Crippen LogP contribution in [0.5, 0.6) is 0 Å². The van der Waals surface area contributed by atoms with Gasteiger partial charge in [-0.05, 0) is 38.1 Å². The molecular weight excluding hydrogens is 272 g/mol. The Morgan fingerprint density at radius 3 is 3.00 bits per heavy atom. The maximum absolute atomic E-state index is 10.7. The smallest absolute Gasteiger partial charge is 0.303 e. The van der Waals surface area contributed by atoms with Gasteiger partial charge in [0.2, 0.25) is 0 Å². The number of piperidine rings is 1. The number of hydrogen-bond donors (Lipinski definition) is 1. The summed E-state index contributed by atoms with van der Waals surface area (Å²) in [5, 5.41) is 9.96. The van der Waals surface area contributed by atoms with Crippen molar-refractivity contribution in [2.45, 2.75) is 52.5 Å². The first kappa shape index (κ1) is 15.4. The minimum Gasteiger partial charge on any atom is -0.481 e. The number of aryl methyl sites for hydroxylation is 2. The number of carbonyl (C=O) groups is 1. The fourth-order valence-corrected chi connectivity index (χ4v) is 4.02. The van der Waals surface area contributed by atoms with Crippen LogP contribution in [0.15, 0.2) is 0 Å². The summed E-state index contributed by atoms with van der Waals surface area (Å²) in [6.07, 6.45) is 4.32. The SMILES string of the molecule is CCc1nc(CN2CCCC(C)C2)sc1CCC(=O)O. The van der Waals surface area contributed by atoms with Crippen molar-refractivity contribution in [3.8, 4) is 0 Å². The second-order valence-corrected chi connectivity index (χ2v) is 6.88. The number of nitrogens with zero attached hydrogens (tertiary/aromatic N) is 2. The molecule has 1 aromatic rings. The third-order valence-corrected chi connectivity index (χ3v) is 4.97. The van der Waals surface area contributed by atoms with Crippen molar-refractivity contribution < 1.29 is 9.90 Å².